The smallest absolute Gasteiger partial charge is 0.263 e. The second kappa shape index (κ2) is 5.71. The molecule has 0 aliphatic rings. The number of aromatic nitrogens is 5. The van der Waals surface area contributed by atoms with Crippen molar-refractivity contribution in [1.29, 1.82) is 0 Å². The summed E-state index contributed by atoms with van der Waals surface area (Å²) >= 11 is 0. The van der Waals surface area contributed by atoms with E-state index in [4.69, 9.17) is 0 Å². The van der Waals surface area contributed by atoms with Crippen LogP contribution in [0.4, 0.5) is 5.82 Å². The maximum Gasteiger partial charge on any atom is 0.263 e. The first-order chi connectivity index (χ1) is 12.0. The summed E-state index contributed by atoms with van der Waals surface area (Å²) in [7, 11) is -3.75. The first kappa shape index (κ1) is 15.3. The fourth-order valence-electron chi connectivity index (χ4n) is 2.48. The normalized spacial score (nSPS) is 11.7. The van der Waals surface area contributed by atoms with E-state index in [1.54, 1.807) is 47.4 Å². The summed E-state index contributed by atoms with van der Waals surface area (Å²) in [5, 5.41) is 8.37. The first-order valence-corrected chi connectivity index (χ1v) is 8.95. The summed E-state index contributed by atoms with van der Waals surface area (Å²) in [5.74, 6) is 0.328. The van der Waals surface area contributed by atoms with Crippen LogP contribution in [0.1, 0.15) is 5.69 Å². The molecule has 0 spiro atoms. The van der Waals surface area contributed by atoms with Gasteiger partial charge in [-0.3, -0.25) is 4.72 Å². The van der Waals surface area contributed by atoms with Gasteiger partial charge in [-0.05, 0) is 43.3 Å². The van der Waals surface area contributed by atoms with Gasteiger partial charge in [-0.15, -0.1) is 0 Å². The van der Waals surface area contributed by atoms with Gasteiger partial charge in [0.05, 0.1) is 16.3 Å². The molecule has 3 heterocycles. The van der Waals surface area contributed by atoms with Crippen LogP contribution in [0.15, 0.2) is 66.0 Å². The van der Waals surface area contributed by atoms with Crippen molar-refractivity contribution in [1.82, 2.24) is 24.4 Å². The lowest BCUT2D eigenvalue weighted by Crippen LogP contribution is -2.16. The Bertz CT molecular complexity index is 1130. The largest absolute Gasteiger partial charge is 0.263 e. The molecule has 0 aliphatic heterocycles. The van der Waals surface area contributed by atoms with Crippen LogP contribution in [0.2, 0.25) is 0 Å². The number of aryl methyl sites for hydroxylation is 1. The van der Waals surface area contributed by atoms with Gasteiger partial charge in [0.15, 0.2) is 5.65 Å². The Morgan fingerprint density at radius 3 is 2.60 bits per heavy atom. The third-order valence-corrected chi connectivity index (χ3v) is 5.01. The van der Waals surface area contributed by atoms with E-state index in [2.05, 4.69) is 19.9 Å². The van der Waals surface area contributed by atoms with Gasteiger partial charge in [0, 0.05) is 24.7 Å². The highest BCUT2D eigenvalue weighted by Crippen LogP contribution is 2.18. The van der Waals surface area contributed by atoms with E-state index in [1.165, 1.54) is 22.8 Å². The number of rotatable bonds is 4. The van der Waals surface area contributed by atoms with Crippen molar-refractivity contribution in [3.05, 3.63) is 66.7 Å². The zero-order chi connectivity index (χ0) is 17.4. The molecule has 0 unspecified atom stereocenters. The Morgan fingerprint density at radius 1 is 1.08 bits per heavy atom. The standard InChI is InChI=1S/C16H14N6O2S/c1-12-11-16-17-9-7-15(22(16)19-12)20-25(23,24)14-5-3-13(4-6-14)21-10-2-8-18-21/h2-11,20H,1H3. The average Bonchev–Trinajstić information content (AvgIpc) is 3.24. The molecular weight excluding hydrogens is 340 g/mol. The van der Waals surface area contributed by atoms with Crippen LogP contribution in [0.3, 0.4) is 0 Å². The van der Waals surface area contributed by atoms with Gasteiger partial charge < -0.3 is 0 Å². The second-order valence-electron chi connectivity index (χ2n) is 5.44. The van der Waals surface area contributed by atoms with Gasteiger partial charge in [-0.2, -0.15) is 14.7 Å². The first-order valence-electron chi connectivity index (χ1n) is 7.47. The zero-order valence-electron chi connectivity index (χ0n) is 13.2. The molecule has 0 radical (unpaired) electrons. The molecule has 0 saturated heterocycles. The Hall–Kier alpha value is -3.20. The summed E-state index contributed by atoms with van der Waals surface area (Å²) in [4.78, 5) is 4.31. The number of hydrogen-bond acceptors (Lipinski definition) is 5. The Balaban J connectivity index is 1.67. The van der Waals surface area contributed by atoms with E-state index in [1.807, 2.05) is 6.92 Å². The molecule has 0 atom stereocenters. The van der Waals surface area contributed by atoms with Crippen molar-refractivity contribution >= 4 is 21.5 Å². The van der Waals surface area contributed by atoms with Crippen molar-refractivity contribution in [2.24, 2.45) is 0 Å². The van der Waals surface area contributed by atoms with Crippen LogP contribution in [0, 0.1) is 6.92 Å². The number of nitrogens with zero attached hydrogens (tertiary/aromatic N) is 5. The van der Waals surface area contributed by atoms with E-state index < -0.39 is 10.0 Å². The third kappa shape index (κ3) is 2.85. The van der Waals surface area contributed by atoms with Crippen LogP contribution in [0.5, 0.6) is 0 Å². The molecule has 8 nitrogen and oxygen atoms in total. The molecule has 3 aromatic heterocycles. The summed E-state index contributed by atoms with van der Waals surface area (Å²) in [5.41, 5.74) is 2.10. The molecule has 126 valence electrons. The van der Waals surface area contributed by atoms with Crippen molar-refractivity contribution in [2.75, 3.05) is 4.72 Å². The van der Waals surface area contributed by atoms with Crippen molar-refractivity contribution in [3.8, 4) is 5.69 Å². The monoisotopic (exact) mass is 354 g/mol. The van der Waals surface area contributed by atoms with E-state index in [0.717, 1.165) is 11.4 Å². The summed E-state index contributed by atoms with van der Waals surface area (Å²) in [6.45, 7) is 1.82. The lowest BCUT2D eigenvalue weighted by Gasteiger charge is -2.10. The molecule has 0 bridgehead atoms. The van der Waals surface area contributed by atoms with Gasteiger partial charge in [-0.1, -0.05) is 0 Å². The molecule has 1 aromatic carbocycles. The van der Waals surface area contributed by atoms with Crippen molar-refractivity contribution in [3.63, 3.8) is 0 Å². The van der Waals surface area contributed by atoms with E-state index in [0.29, 0.717) is 11.5 Å². The lowest BCUT2D eigenvalue weighted by atomic mass is 10.3. The number of fused-ring (bicyclic) bond motifs is 1. The maximum absolute atomic E-state index is 12.7. The van der Waals surface area contributed by atoms with Gasteiger partial charge in [0.2, 0.25) is 0 Å². The van der Waals surface area contributed by atoms with Crippen LogP contribution in [-0.2, 0) is 10.0 Å². The molecule has 1 N–H and O–H groups in total. The minimum atomic E-state index is -3.75. The molecule has 0 saturated carbocycles. The number of hydrogen-bond donors (Lipinski definition) is 1. The number of anilines is 1. The average molecular weight is 354 g/mol. The number of benzene rings is 1. The number of sulfonamides is 1. The van der Waals surface area contributed by atoms with Crippen LogP contribution in [0.25, 0.3) is 11.3 Å². The fraction of sp³-hybridized carbons (Fsp3) is 0.0625. The topological polar surface area (TPSA) is 94.2 Å². The second-order valence-corrected chi connectivity index (χ2v) is 7.12. The quantitative estimate of drug-likeness (QED) is 0.605. The van der Waals surface area contributed by atoms with Crippen molar-refractivity contribution in [2.45, 2.75) is 11.8 Å². The molecule has 9 heteroatoms. The summed E-state index contributed by atoms with van der Waals surface area (Å²) in [6, 6.07) is 11.6. The lowest BCUT2D eigenvalue weighted by molar-refractivity contribution is 0.600. The fourth-order valence-corrected chi connectivity index (χ4v) is 3.53. The molecule has 25 heavy (non-hydrogen) atoms. The molecule has 4 aromatic rings. The van der Waals surface area contributed by atoms with Crippen LogP contribution in [-0.4, -0.2) is 32.8 Å². The van der Waals surface area contributed by atoms with Crippen LogP contribution < -0.4 is 4.72 Å². The summed E-state index contributed by atoms with van der Waals surface area (Å²) in [6.07, 6.45) is 4.98. The minimum Gasteiger partial charge on any atom is -0.263 e. The molecular formula is C16H14N6O2S. The van der Waals surface area contributed by atoms with Gasteiger partial charge in [-0.25, -0.2) is 18.1 Å². The highest BCUT2D eigenvalue weighted by atomic mass is 32.2. The molecule has 4 rings (SSSR count). The minimum absolute atomic E-state index is 0.150. The van der Waals surface area contributed by atoms with E-state index >= 15 is 0 Å². The molecule has 0 aliphatic carbocycles. The van der Waals surface area contributed by atoms with Gasteiger partial charge >= 0.3 is 0 Å². The van der Waals surface area contributed by atoms with Crippen LogP contribution >= 0.6 is 0 Å². The summed E-state index contributed by atoms with van der Waals surface area (Å²) < 4.78 is 31.0. The van der Waals surface area contributed by atoms with Gasteiger partial charge in [0.1, 0.15) is 5.82 Å². The zero-order valence-corrected chi connectivity index (χ0v) is 14.1. The third-order valence-electron chi connectivity index (χ3n) is 3.64. The SMILES string of the molecule is Cc1cc2nccc(NS(=O)(=O)c3ccc(-n4cccn4)cc3)n2n1. The Labute approximate surface area is 143 Å². The van der Waals surface area contributed by atoms with Crippen molar-refractivity contribution < 1.29 is 8.42 Å². The highest BCUT2D eigenvalue weighted by molar-refractivity contribution is 7.92. The predicted molar refractivity (Wildman–Crippen MR) is 92.1 cm³/mol. The van der Waals surface area contributed by atoms with E-state index in [-0.39, 0.29) is 4.90 Å². The molecule has 0 fully saturated rings. The maximum atomic E-state index is 12.7. The van der Waals surface area contributed by atoms with E-state index in [9.17, 15) is 8.42 Å². The Morgan fingerprint density at radius 2 is 1.88 bits per heavy atom. The Kier molecular flexibility index (Phi) is 3.50. The van der Waals surface area contributed by atoms with Gasteiger partial charge in [0.25, 0.3) is 10.0 Å². The number of nitrogens with one attached hydrogen (secondary N) is 1. The highest BCUT2D eigenvalue weighted by Gasteiger charge is 2.16. The molecule has 0 amide bonds. The predicted octanol–water partition coefficient (Wildman–Crippen LogP) is 2.02.